The van der Waals surface area contributed by atoms with Gasteiger partial charge in [0.25, 0.3) is 0 Å². The fourth-order valence-electron chi connectivity index (χ4n) is 1.44. The minimum absolute atomic E-state index is 0.0795. The van der Waals surface area contributed by atoms with Gasteiger partial charge in [-0.15, -0.1) is 0 Å². The maximum absolute atomic E-state index is 11.7. The van der Waals surface area contributed by atoms with Crippen LogP contribution in [0.3, 0.4) is 0 Å². The van der Waals surface area contributed by atoms with Crippen LogP contribution in [-0.2, 0) is 9.47 Å². The van der Waals surface area contributed by atoms with Gasteiger partial charge in [0.2, 0.25) is 0 Å². The highest BCUT2D eigenvalue weighted by atomic mass is 16.6. The van der Waals surface area contributed by atoms with E-state index >= 15 is 0 Å². The van der Waals surface area contributed by atoms with Gasteiger partial charge < -0.3 is 14.6 Å². The van der Waals surface area contributed by atoms with E-state index in [4.69, 9.17) is 9.47 Å². The molecular formula is C14H19NO5. The molecule has 0 aliphatic carbocycles. The maximum Gasteiger partial charge on any atom is 0.412 e. The van der Waals surface area contributed by atoms with Crippen LogP contribution in [0.2, 0.25) is 0 Å². The molecule has 0 saturated carbocycles. The number of benzene rings is 1. The molecule has 0 bridgehead atoms. The highest BCUT2D eigenvalue weighted by molar-refractivity contribution is 6.00. The molecule has 1 aromatic carbocycles. The minimum atomic E-state index is -0.714. The lowest BCUT2D eigenvalue weighted by molar-refractivity contribution is 0.0527. The molecule has 1 amide bonds. The number of nitrogens with one attached hydrogen (secondary N) is 1. The zero-order valence-electron chi connectivity index (χ0n) is 12.0. The SMILES string of the molecule is CCOC(=O)c1ccc(O)cc1NC(=O)OC(C)(C)C. The van der Waals surface area contributed by atoms with Gasteiger partial charge in [-0.3, -0.25) is 5.32 Å². The second-order valence-electron chi connectivity index (χ2n) is 5.08. The number of hydrogen-bond donors (Lipinski definition) is 2. The Kier molecular flexibility index (Phi) is 4.96. The first-order chi connectivity index (χ1) is 9.23. The summed E-state index contributed by atoms with van der Waals surface area (Å²) in [6.07, 6.45) is -0.714. The number of esters is 1. The Morgan fingerprint density at radius 3 is 2.50 bits per heavy atom. The van der Waals surface area contributed by atoms with Crippen LogP contribution in [-0.4, -0.2) is 29.4 Å². The van der Waals surface area contributed by atoms with Gasteiger partial charge in [0.05, 0.1) is 17.9 Å². The van der Waals surface area contributed by atoms with Crippen LogP contribution in [0.1, 0.15) is 38.1 Å². The average Bonchev–Trinajstić information content (AvgIpc) is 2.26. The summed E-state index contributed by atoms with van der Waals surface area (Å²) >= 11 is 0. The predicted octanol–water partition coefficient (Wildman–Crippen LogP) is 2.92. The maximum atomic E-state index is 11.7. The molecule has 0 aromatic heterocycles. The van der Waals surface area contributed by atoms with E-state index in [2.05, 4.69) is 5.32 Å². The average molecular weight is 281 g/mol. The van der Waals surface area contributed by atoms with Crippen LogP contribution in [0, 0.1) is 0 Å². The highest BCUT2D eigenvalue weighted by Gasteiger charge is 2.19. The van der Waals surface area contributed by atoms with Crippen molar-refractivity contribution in [3.8, 4) is 5.75 Å². The largest absolute Gasteiger partial charge is 0.508 e. The lowest BCUT2D eigenvalue weighted by atomic mass is 10.1. The number of rotatable bonds is 3. The summed E-state index contributed by atoms with van der Waals surface area (Å²) in [5.41, 5.74) is -0.376. The second-order valence-corrected chi connectivity index (χ2v) is 5.08. The Bertz CT molecular complexity index is 505. The molecule has 0 aliphatic rings. The van der Waals surface area contributed by atoms with Crippen LogP contribution < -0.4 is 5.32 Å². The van der Waals surface area contributed by atoms with E-state index in [0.29, 0.717) is 0 Å². The highest BCUT2D eigenvalue weighted by Crippen LogP contribution is 2.23. The summed E-state index contributed by atoms with van der Waals surface area (Å²) in [5, 5.41) is 11.9. The van der Waals surface area contributed by atoms with Crippen molar-refractivity contribution in [2.75, 3.05) is 11.9 Å². The van der Waals surface area contributed by atoms with Crippen LogP contribution >= 0.6 is 0 Å². The molecule has 20 heavy (non-hydrogen) atoms. The first-order valence-electron chi connectivity index (χ1n) is 6.23. The topological polar surface area (TPSA) is 84.9 Å². The fourth-order valence-corrected chi connectivity index (χ4v) is 1.44. The third-order valence-corrected chi connectivity index (χ3v) is 2.13. The molecule has 1 aromatic rings. The number of hydrogen-bond acceptors (Lipinski definition) is 5. The third kappa shape index (κ3) is 4.79. The van der Waals surface area contributed by atoms with Crippen molar-refractivity contribution in [3.05, 3.63) is 23.8 Å². The molecule has 6 nitrogen and oxygen atoms in total. The summed E-state index contributed by atoms with van der Waals surface area (Å²) in [5.74, 6) is -0.664. The number of aromatic hydroxyl groups is 1. The van der Waals surface area contributed by atoms with Crippen molar-refractivity contribution in [2.45, 2.75) is 33.3 Å². The van der Waals surface area contributed by atoms with Crippen LogP contribution in [0.25, 0.3) is 0 Å². The molecule has 0 radical (unpaired) electrons. The fraction of sp³-hybridized carbons (Fsp3) is 0.429. The molecule has 2 N–H and O–H groups in total. The van der Waals surface area contributed by atoms with Crippen molar-refractivity contribution in [2.24, 2.45) is 0 Å². The predicted molar refractivity (Wildman–Crippen MR) is 73.9 cm³/mol. The Balaban J connectivity index is 2.95. The van der Waals surface area contributed by atoms with Gasteiger partial charge >= 0.3 is 12.1 Å². The van der Waals surface area contributed by atoms with Gasteiger partial charge in [-0.2, -0.15) is 0 Å². The molecule has 0 spiro atoms. The number of carbonyl (C=O) groups excluding carboxylic acids is 2. The number of amides is 1. The number of phenolic OH excluding ortho intramolecular Hbond substituents is 1. The van der Waals surface area contributed by atoms with E-state index in [1.165, 1.54) is 18.2 Å². The zero-order chi connectivity index (χ0) is 15.3. The summed E-state index contributed by atoms with van der Waals surface area (Å²) < 4.78 is 9.97. The van der Waals surface area contributed by atoms with Crippen LogP contribution in [0.5, 0.6) is 5.75 Å². The Morgan fingerprint density at radius 2 is 1.95 bits per heavy atom. The Morgan fingerprint density at radius 1 is 1.30 bits per heavy atom. The van der Waals surface area contributed by atoms with E-state index < -0.39 is 17.7 Å². The Hall–Kier alpha value is -2.24. The van der Waals surface area contributed by atoms with Gasteiger partial charge in [-0.05, 0) is 39.8 Å². The normalized spacial score (nSPS) is 10.8. The minimum Gasteiger partial charge on any atom is -0.508 e. The summed E-state index contributed by atoms with van der Waals surface area (Å²) in [4.78, 5) is 23.5. The number of carbonyl (C=O) groups is 2. The van der Waals surface area contributed by atoms with E-state index in [9.17, 15) is 14.7 Å². The standard InChI is InChI=1S/C14H19NO5/c1-5-19-12(17)10-7-6-9(16)8-11(10)15-13(18)20-14(2,3)4/h6-8,16H,5H2,1-4H3,(H,15,18). The van der Waals surface area contributed by atoms with E-state index in [1.807, 2.05) is 0 Å². The van der Waals surface area contributed by atoms with E-state index in [1.54, 1.807) is 27.7 Å². The zero-order valence-corrected chi connectivity index (χ0v) is 12.0. The first-order valence-corrected chi connectivity index (χ1v) is 6.23. The summed E-state index contributed by atoms with van der Waals surface area (Å²) in [6, 6.07) is 3.97. The molecule has 1 rings (SSSR count). The van der Waals surface area contributed by atoms with Crippen molar-refractivity contribution in [1.29, 1.82) is 0 Å². The van der Waals surface area contributed by atoms with Gasteiger partial charge in [0, 0.05) is 6.07 Å². The molecule has 0 unspecified atom stereocenters. The smallest absolute Gasteiger partial charge is 0.412 e. The molecule has 0 saturated heterocycles. The van der Waals surface area contributed by atoms with E-state index in [0.717, 1.165) is 0 Å². The monoisotopic (exact) mass is 281 g/mol. The molecule has 0 atom stereocenters. The van der Waals surface area contributed by atoms with Crippen LogP contribution in [0.4, 0.5) is 10.5 Å². The molecule has 0 fully saturated rings. The molecule has 0 heterocycles. The third-order valence-electron chi connectivity index (χ3n) is 2.13. The Labute approximate surface area is 117 Å². The van der Waals surface area contributed by atoms with Crippen molar-refractivity contribution in [1.82, 2.24) is 0 Å². The van der Waals surface area contributed by atoms with Gasteiger partial charge in [-0.25, -0.2) is 9.59 Å². The number of anilines is 1. The first kappa shape index (κ1) is 15.8. The summed E-state index contributed by atoms with van der Waals surface area (Å²) in [7, 11) is 0. The van der Waals surface area contributed by atoms with Gasteiger partial charge in [0.1, 0.15) is 11.4 Å². The number of ether oxygens (including phenoxy) is 2. The molecule has 6 heteroatoms. The van der Waals surface area contributed by atoms with Crippen molar-refractivity contribution >= 4 is 17.7 Å². The van der Waals surface area contributed by atoms with Crippen LogP contribution in [0.15, 0.2) is 18.2 Å². The van der Waals surface area contributed by atoms with E-state index in [-0.39, 0.29) is 23.6 Å². The lowest BCUT2D eigenvalue weighted by Gasteiger charge is -2.20. The molecular weight excluding hydrogens is 262 g/mol. The molecule has 110 valence electrons. The van der Waals surface area contributed by atoms with Gasteiger partial charge in [-0.1, -0.05) is 0 Å². The number of phenols is 1. The lowest BCUT2D eigenvalue weighted by Crippen LogP contribution is -2.27. The second kappa shape index (κ2) is 6.27. The quantitative estimate of drug-likeness (QED) is 0.832. The summed E-state index contributed by atoms with van der Waals surface area (Å²) in [6.45, 7) is 7.06. The van der Waals surface area contributed by atoms with Crippen molar-refractivity contribution in [3.63, 3.8) is 0 Å². The molecule has 0 aliphatic heterocycles. The van der Waals surface area contributed by atoms with Gasteiger partial charge in [0.15, 0.2) is 0 Å². The van der Waals surface area contributed by atoms with Crippen molar-refractivity contribution < 1.29 is 24.2 Å².